The van der Waals surface area contributed by atoms with E-state index in [1.54, 1.807) is 25.3 Å². The number of hydrogen-bond donors (Lipinski definition) is 0. The van der Waals surface area contributed by atoms with E-state index in [2.05, 4.69) is 6.58 Å². The van der Waals surface area contributed by atoms with Crippen LogP contribution in [0, 0.1) is 0 Å². The minimum atomic E-state index is 0.113. The summed E-state index contributed by atoms with van der Waals surface area (Å²) in [4.78, 5) is 12.0. The van der Waals surface area contributed by atoms with Gasteiger partial charge in [0.05, 0.1) is 12.7 Å². The lowest BCUT2D eigenvalue weighted by Crippen LogP contribution is -2.02. The topological polar surface area (TPSA) is 26.3 Å². The maximum Gasteiger partial charge on any atom is 0.166 e. The first-order valence-electron chi connectivity index (χ1n) is 6.16. The molecule has 0 aliphatic rings. The van der Waals surface area contributed by atoms with Gasteiger partial charge in [-0.3, -0.25) is 4.79 Å². The monoisotopic (exact) mass is 266 g/mol. The minimum Gasteiger partial charge on any atom is -0.496 e. The summed E-state index contributed by atoms with van der Waals surface area (Å²) in [5, 5.41) is 0.578. The summed E-state index contributed by atoms with van der Waals surface area (Å²) in [6, 6.07) is 5.12. The number of Topliss-reactive ketones (excluding diaryl/α,β-unsaturated/α-hetero) is 1. The predicted octanol–water partition coefficient (Wildman–Crippen LogP) is 4.67. The smallest absolute Gasteiger partial charge is 0.166 e. The number of ketones is 1. The summed E-state index contributed by atoms with van der Waals surface area (Å²) in [5.41, 5.74) is 0.616. The van der Waals surface area contributed by atoms with Crippen LogP contribution in [0.5, 0.6) is 5.75 Å². The standard InChI is InChI=1S/C15H19ClO2/c1-3-4-5-6-7-8-14(17)13-10-9-12(16)11-15(13)18-2/h3,9-11H,1,4-8H2,2H3. The fourth-order valence-corrected chi connectivity index (χ4v) is 1.94. The Morgan fingerprint density at radius 2 is 2.17 bits per heavy atom. The first-order chi connectivity index (χ1) is 8.69. The van der Waals surface area contributed by atoms with Gasteiger partial charge in [-0.15, -0.1) is 6.58 Å². The van der Waals surface area contributed by atoms with Crippen LogP contribution < -0.4 is 4.74 Å². The van der Waals surface area contributed by atoms with Gasteiger partial charge in [-0.05, 0) is 37.5 Å². The maximum atomic E-state index is 12.0. The Balaban J connectivity index is 2.53. The molecule has 0 heterocycles. The van der Waals surface area contributed by atoms with Gasteiger partial charge in [-0.25, -0.2) is 0 Å². The van der Waals surface area contributed by atoms with Crippen molar-refractivity contribution in [2.24, 2.45) is 0 Å². The number of carbonyl (C=O) groups excluding carboxylic acids is 1. The highest BCUT2D eigenvalue weighted by molar-refractivity contribution is 6.30. The second-order valence-electron chi connectivity index (χ2n) is 4.16. The van der Waals surface area contributed by atoms with Crippen molar-refractivity contribution in [3.05, 3.63) is 41.4 Å². The number of carbonyl (C=O) groups is 1. The normalized spacial score (nSPS) is 10.1. The second-order valence-corrected chi connectivity index (χ2v) is 4.59. The largest absolute Gasteiger partial charge is 0.496 e. The van der Waals surface area contributed by atoms with Crippen LogP contribution in [0.2, 0.25) is 5.02 Å². The number of hydrogen-bond acceptors (Lipinski definition) is 2. The van der Waals surface area contributed by atoms with Crippen molar-refractivity contribution in [1.29, 1.82) is 0 Å². The fourth-order valence-electron chi connectivity index (χ4n) is 1.78. The number of allylic oxidation sites excluding steroid dienone is 1. The molecule has 0 radical (unpaired) electrons. The molecule has 0 unspecified atom stereocenters. The maximum absolute atomic E-state index is 12.0. The molecule has 1 rings (SSSR count). The van der Waals surface area contributed by atoms with E-state index >= 15 is 0 Å². The van der Waals surface area contributed by atoms with Crippen LogP contribution in [-0.2, 0) is 0 Å². The molecule has 0 amide bonds. The van der Waals surface area contributed by atoms with Crippen molar-refractivity contribution in [1.82, 2.24) is 0 Å². The van der Waals surface area contributed by atoms with Crippen molar-refractivity contribution in [3.8, 4) is 5.75 Å². The molecule has 0 N–H and O–H groups in total. The molecular formula is C15H19ClO2. The Morgan fingerprint density at radius 3 is 2.83 bits per heavy atom. The molecule has 1 aromatic rings. The third kappa shape index (κ3) is 4.53. The number of unbranched alkanes of at least 4 members (excludes halogenated alkanes) is 3. The molecule has 0 aromatic heterocycles. The summed E-state index contributed by atoms with van der Waals surface area (Å²) in [6.07, 6.45) is 6.51. The predicted molar refractivity (Wildman–Crippen MR) is 75.6 cm³/mol. The van der Waals surface area contributed by atoms with E-state index in [9.17, 15) is 4.79 Å². The Bertz CT molecular complexity index is 413. The summed E-state index contributed by atoms with van der Waals surface area (Å²) >= 11 is 5.86. The van der Waals surface area contributed by atoms with E-state index < -0.39 is 0 Å². The SMILES string of the molecule is C=CCCCCCC(=O)c1ccc(Cl)cc1OC. The molecule has 3 heteroatoms. The lowest BCUT2D eigenvalue weighted by atomic mass is 10.0. The molecule has 0 fully saturated rings. The van der Waals surface area contributed by atoms with Gasteiger partial charge in [-0.1, -0.05) is 24.1 Å². The van der Waals surface area contributed by atoms with Crippen LogP contribution in [0.25, 0.3) is 0 Å². The van der Waals surface area contributed by atoms with Gasteiger partial charge in [0, 0.05) is 11.4 Å². The van der Waals surface area contributed by atoms with Gasteiger partial charge in [0.2, 0.25) is 0 Å². The van der Waals surface area contributed by atoms with Gasteiger partial charge in [0.15, 0.2) is 5.78 Å². The zero-order valence-electron chi connectivity index (χ0n) is 10.7. The van der Waals surface area contributed by atoms with E-state index in [0.717, 1.165) is 25.7 Å². The molecule has 1 aromatic carbocycles. The van der Waals surface area contributed by atoms with Gasteiger partial charge in [0.1, 0.15) is 5.75 Å². The number of rotatable bonds is 8. The summed E-state index contributed by atoms with van der Waals surface area (Å²) < 4.78 is 5.17. The summed E-state index contributed by atoms with van der Waals surface area (Å²) in [5.74, 6) is 0.667. The van der Waals surface area contributed by atoms with Gasteiger partial charge >= 0.3 is 0 Å². The lowest BCUT2D eigenvalue weighted by Gasteiger charge is -2.07. The Morgan fingerprint density at radius 1 is 1.39 bits per heavy atom. The van der Waals surface area contributed by atoms with Crippen molar-refractivity contribution in [3.63, 3.8) is 0 Å². The first kappa shape index (κ1) is 14.8. The van der Waals surface area contributed by atoms with Crippen LogP contribution in [0.1, 0.15) is 42.5 Å². The molecule has 0 bridgehead atoms. The average molecular weight is 267 g/mol. The van der Waals surface area contributed by atoms with Gasteiger partial charge in [-0.2, -0.15) is 0 Å². The Kier molecular flexibility index (Phi) is 6.51. The number of methoxy groups -OCH3 is 1. The van der Waals surface area contributed by atoms with E-state index in [1.807, 2.05) is 6.08 Å². The highest BCUT2D eigenvalue weighted by Crippen LogP contribution is 2.24. The third-order valence-corrected chi connectivity index (χ3v) is 3.01. The molecule has 98 valence electrons. The molecule has 18 heavy (non-hydrogen) atoms. The van der Waals surface area contributed by atoms with Crippen molar-refractivity contribution < 1.29 is 9.53 Å². The lowest BCUT2D eigenvalue weighted by molar-refractivity contribution is 0.0976. The molecule has 0 saturated heterocycles. The molecule has 0 saturated carbocycles. The molecule has 0 spiro atoms. The van der Waals surface area contributed by atoms with E-state index in [4.69, 9.17) is 16.3 Å². The van der Waals surface area contributed by atoms with E-state index in [1.165, 1.54) is 0 Å². The van der Waals surface area contributed by atoms with Crippen molar-refractivity contribution in [2.45, 2.75) is 32.1 Å². The van der Waals surface area contributed by atoms with Crippen LogP contribution in [0.4, 0.5) is 0 Å². The van der Waals surface area contributed by atoms with Crippen LogP contribution in [0.3, 0.4) is 0 Å². The molecule has 0 aliphatic carbocycles. The minimum absolute atomic E-state index is 0.113. The van der Waals surface area contributed by atoms with Crippen LogP contribution >= 0.6 is 11.6 Å². The zero-order valence-corrected chi connectivity index (χ0v) is 11.5. The van der Waals surface area contributed by atoms with E-state index in [-0.39, 0.29) is 5.78 Å². The highest BCUT2D eigenvalue weighted by atomic mass is 35.5. The van der Waals surface area contributed by atoms with E-state index in [0.29, 0.717) is 22.8 Å². The molecule has 2 nitrogen and oxygen atoms in total. The van der Waals surface area contributed by atoms with Crippen LogP contribution in [-0.4, -0.2) is 12.9 Å². The van der Waals surface area contributed by atoms with Crippen molar-refractivity contribution >= 4 is 17.4 Å². The number of benzene rings is 1. The Hall–Kier alpha value is -1.28. The highest BCUT2D eigenvalue weighted by Gasteiger charge is 2.12. The Labute approximate surface area is 114 Å². The fraction of sp³-hybridized carbons (Fsp3) is 0.400. The number of halogens is 1. The molecule has 0 atom stereocenters. The number of ether oxygens (including phenoxy) is 1. The van der Waals surface area contributed by atoms with Gasteiger partial charge < -0.3 is 4.74 Å². The average Bonchev–Trinajstić information content (AvgIpc) is 2.38. The first-order valence-corrected chi connectivity index (χ1v) is 6.54. The second kappa shape index (κ2) is 7.93. The van der Waals surface area contributed by atoms with Crippen molar-refractivity contribution in [2.75, 3.05) is 7.11 Å². The summed E-state index contributed by atoms with van der Waals surface area (Å²) in [6.45, 7) is 3.68. The molecule has 0 aliphatic heterocycles. The van der Waals surface area contributed by atoms with Crippen LogP contribution in [0.15, 0.2) is 30.9 Å². The zero-order chi connectivity index (χ0) is 13.4. The quantitative estimate of drug-likeness (QED) is 0.388. The molecular weight excluding hydrogens is 248 g/mol. The van der Waals surface area contributed by atoms with Gasteiger partial charge in [0.25, 0.3) is 0 Å². The summed E-state index contributed by atoms with van der Waals surface area (Å²) in [7, 11) is 1.55. The third-order valence-electron chi connectivity index (χ3n) is 2.78.